The van der Waals surface area contributed by atoms with Crippen LogP contribution in [0.3, 0.4) is 0 Å². The second-order valence-electron chi connectivity index (χ2n) is 14.9. The Morgan fingerprint density at radius 1 is 1.00 bits per heavy atom. The van der Waals surface area contributed by atoms with Gasteiger partial charge in [0.25, 0.3) is 0 Å². The molecular weight excluding hydrogens is 612 g/mol. The molecule has 0 bridgehead atoms. The number of ether oxygens (including phenoxy) is 1. The Hall–Kier alpha value is -3.16. The predicted octanol–water partition coefficient (Wildman–Crippen LogP) is 1.20. The molecule has 4 rings (SSSR count). The number of aliphatic hydroxyl groups excluding tert-OH is 2. The van der Waals surface area contributed by atoms with Crippen LogP contribution in [0.15, 0.2) is 11.6 Å². The number of carboxylic acids is 1. The minimum absolute atomic E-state index is 0.0299. The summed E-state index contributed by atoms with van der Waals surface area (Å²) in [6.45, 7) is 7.75. The van der Waals surface area contributed by atoms with E-state index in [1.807, 2.05) is 6.92 Å². The SMILES string of the molecule is CC(C)[C@@H](NC(=O)CCC(=O)OCC(=O)[C@@]1(O)CC[C@H]2[C@H]3CCC4=CC(=O)CC[C@]4(C)[C@@H]3[C@@H](O)C[C@@]21C)C(=O)N[C@@H](C(=O)O)[C@@H](C)O. The van der Waals surface area contributed by atoms with Gasteiger partial charge in [0.15, 0.2) is 18.4 Å². The van der Waals surface area contributed by atoms with E-state index in [0.717, 1.165) is 18.4 Å². The molecule has 2 amide bonds. The summed E-state index contributed by atoms with van der Waals surface area (Å²) < 4.78 is 5.19. The molecule has 13 heteroatoms. The number of esters is 1. The van der Waals surface area contributed by atoms with Crippen LogP contribution in [-0.4, -0.2) is 92.2 Å². The number of fused-ring (bicyclic) bond motifs is 5. The van der Waals surface area contributed by atoms with Crippen LogP contribution in [0.25, 0.3) is 0 Å². The smallest absolute Gasteiger partial charge is 0.328 e. The van der Waals surface area contributed by atoms with Crippen LogP contribution in [0.4, 0.5) is 0 Å². The fraction of sp³-hybridized carbons (Fsp3) is 0.765. The number of aliphatic hydroxyl groups is 3. The highest BCUT2D eigenvalue weighted by Crippen LogP contribution is 2.67. The van der Waals surface area contributed by atoms with Gasteiger partial charge in [-0.1, -0.05) is 33.3 Å². The van der Waals surface area contributed by atoms with Gasteiger partial charge in [0.1, 0.15) is 11.6 Å². The normalized spacial score (nSPS) is 34.9. The first-order valence-corrected chi connectivity index (χ1v) is 16.7. The predicted molar refractivity (Wildman–Crippen MR) is 166 cm³/mol. The lowest BCUT2D eigenvalue weighted by Crippen LogP contribution is -2.62. The second kappa shape index (κ2) is 13.8. The summed E-state index contributed by atoms with van der Waals surface area (Å²) in [4.78, 5) is 74.7. The topological polar surface area (TPSA) is 217 Å². The van der Waals surface area contributed by atoms with Crippen molar-refractivity contribution >= 4 is 35.3 Å². The van der Waals surface area contributed by atoms with Crippen LogP contribution in [0.1, 0.15) is 92.4 Å². The Morgan fingerprint density at radius 3 is 2.30 bits per heavy atom. The van der Waals surface area contributed by atoms with Gasteiger partial charge in [0.05, 0.1) is 18.6 Å². The molecule has 47 heavy (non-hydrogen) atoms. The highest BCUT2D eigenvalue weighted by molar-refractivity contribution is 5.93. The van der Waals surface area contributed by atoms with Crippen molar-refractivity contribution in [2.24, 2.45) is 34.5 Å². The summed E-state index contributed by atoms with van der Waals surface area (Å²) >= 11 is 0. The lowest BCUT2D eigenvalue weighted by atomic mass is 9.45. The summed E-state index contributed by atoms with van der Waals surface area (Å²) in [5.74, 6) is -4.79. The molecule has 0 aromatic rings. The van der Waals surface area contributed by atoms with Gasteiger partial charge in [-0.3, -0.25) is 24.0 Å². The molecular formula is C34H50N2O11. The number of carboxylic acid groups (broad SMARTS) is 1. The quantitative estimate of drug-likeness (QED) is 0.163. The van der Waals surface area contributed by atoms with E-state index in [0.29, 0.717) is 19.3 Å². The maximum atomic E-state index is 13.5. The number of carbonyl (C=O) groups excluding carboxylic acids is 5. The van der Waals surface area contributed by atoms with Crippen molar-refractivity contribution in [1.82, 2.24) is 10.6 Å². The zero-order chi connectivity index (χ0) is 35.1. The monoisotopic (exact) mass is 662 g/mol. The first-order valence-electron chi connectivity index (χ1n) is 16.7. The number of hydrogen-bond donors (Lipinski definition) is 6. The molecule has 0 unspecified atom stereocenters. The molecule has 3 saturated carbocycles. The first kappa shape index (κ1) is 36.7. The highest BCUT2D eigenvalue weighted by Gasteiger charge is 2.68. The molecule has 6 N–H and O–H groups in total. The number of aliphatic carboxylic acids is 1. The Labute approximate surface area is 274 Å². The fourth-order valence-corrected chi connectivity index (χ4v) is 9.12. The van der Waals surface area contributed by atoms with E-state index < -0.39 is 83.8 Å². The molecule has 0 saturated heterocycles. The van der Waals surface area contributed by atoms with Crippen LogP contribution < -0.4 is 10.6 Å². The largest absolute Gasteiger partial charge is 0.480 e. The van der Waals surface area contributed by atoms with Gasteiger partial charge in [0.2, 0.25) is 17.6 Å². The van der Waals surface area contributed by atoms with E-state index in [1.165, 1.54) is 6.92 Å². The van der Waals surface area contributed by atoms with Crippen molar-refractivity contribution < 1.29 is 53.9 Å². The Balaban J connectivity index is 1.32. The highest BCUT2D eigenvalue weighted by atomic mass is 16.5. The average Bonchev–Trinajstić information content (AvgIpc) is 3.26. The number of carbonyl (C=O) groups is 6. The van der Waals surface area contributed by atoms with Crippen molar-refractivity contribution in [2.75, 3.05) is 6.61 Å². The average molecular weight is 663 g/mol. The number of amides is 2. The lowest BCUT2D eigenvalue weighted by molar-refractivity contribution is -0.184. The van der Waals surface area contributed by atoms with E-state index >= 15 is 0 Å². The minimum atomic E-state index is -1.81. The molecule has 0 aliphatic heterocycles. The molecule has 0 aromatic heterocycles. The summed E-state index contributed by atoms with van der Waals surface area (Å²) in [7, 11) is 0. The third-order valence-electron chi connectivity index (χ3n) is 11.7. The van der Waals surface area contributed by atoms with Gasteiger partial charge in [-0.25, -0.2) is 4.79 Å². The minimum Gasteiger partial charge on any atom is -0.480 e. The van der Waals surface area contributed by atoms with Gasteiger partial charge < -0.3 is 35.8 Å². The van der Waals surface area contributed by atoms with E-state index in [2.05, 4.69) is 17.6 Å². The van der Waals surface area contributed by atoms with E-state index in [9.17, 15) is 49.2 Å². The van der Waals surface area contributed by atoms with E-state index in [-0.39, 0.29) is 48.2 Å². The van der Waals surface area contributed by atoms with Crippen molar-refractivity contribution in [3.63, 3.8) is 0 Å². The van der Waals surface area contributed by atoms with Gasteiger partial charge >= 0.3 is 11.9 Å². The van der Waals surface area contributed by atoms with Crippen molar-refractivity contribution in [2.45, 2.75) is 122 Å². The summed E-state index contributed by atoms with van der Waals surface area (Å²) in [6.07, 6.45) is 2.42. The summed E-state index contributed by atoms with van der Waals surface area (Å²) in [5.41, 5.74) is -1.95. The Bertz CT molecular complexity index is 1330. The molecule has 4 aliphatic carbocycles. The van der Waals surface area contributed by atoms with Crippen LogP contribution in [0, 0.1) is 34.5 Å². The molecule has 0 heterocycles. The molecule has 0 aromatic carbocycles. The molecule has 13 nitrogen and oxygen atoms in total. The number of nitrogens with one attached hydrogen (secondary N) is 2. The third kappa shape index (κ3) is 6.89. The van der Waals surface area contributed by atoms with Crippen LogP contribution in [-0.2, 0) is 33.5 Å². The number of ketones is 2. The summed E-state index contributed by atoms with van der Waals surface area (Å²) in [6, 6.07) is -2.70. The van der Waals surface area contributed by atoms with Gasteiger partial charge in [-0.15, -0.1) is 0 Å². The third-order valence-corrected chi connectivity index (χ3v) is 11.7. The number of rotatable bonds is 12. The Morgan fingerprint density at radius 2 is 1.68 bits per heavy atom. The fourth-order valence-electron chi connectivity index (χ4n) is 9.12. The van der Waals surface area contributed by atoms with Gasteiger partial charge in [0, 0.05) is 18.3 Å². The standard InChI is InChI=1S/C34H50N2O11/c1-17(2)28(30(43)36-29(18(3)37)31(44)45)35-25(41)8-9-26(42)47-16-24(40)34(46)13-11-22-21-7-6-19-14-20(38)10-12-32(19,4)27(21)23(39)15-33(22,34)5/h14,17-18,21-23,27-29,37,39,46H,6-13,15-16H2,1-5H3,(H,35,41)(H,36,43)(H,44,45)/t18-,21-,22+,23+,27+,28-,29-,32+,33+,34+/m1/s1. The van der Waals surface area contributed by atoms with Crippen LogP contribution in [0.2, 0.25) is 0 Å². The van der Waals surface area contributed by atoms with Gasteiger partial charge in [-0.05, 0) is 80.6 Å². The number of allylic oxidation sites excluding steroid dienone is 1. The Kier molecular flexibility index (Phi) is 10.7. The molecule has 4 aliphatic rings. The van der Waals surface area contributed by atoms with E-state index in [4.69, 9.17) is 4.74 Å². The molecule has 3 fully saturated rings. The van der Waals surface area contributed by atoms with Crippen LogP contribution >= 0.6 is 0 Å². The zero-order valence-electron chi connectivity index (χ0n) is 27.9. The van der Waals surface area contributed by atoms with Crippen molar-refractivity contribution in [1.29, 1.82) is 0 Å². The molecule has 0 radical (unpaired) electrons. The number of hydrogen-bond acceptors (Lipinski definition) is 10. The van der Waals surface area contributed by atoms with Crippen molar-refractivity contribution in [3.05, 3.63) is 11.6 Å². The van der Waals surface area contributed by atoms with E-state index in [1.54, 1.807) is 19.9 Å². The second-order valence-corrected chi connectivity index (χ2v) is 14.9. The lowest BCUT2D eigenvalue weighted by Gasteiger charge is -2.60. The molecule has 10 atom stereocenters. The molecule has 0 spiro atoms. The first-order chi connectivity index (χ1) is 21.9. The van der Waals surface area contributed by atoms with Crippen molar-refractivity contribution in [3.8, 4) is 0 Å². The number of Topliss-reactive ketones (excluding diaryl/α,β-unsaturated/α-hetero) is 1. The van der Waals surface area contributed by atoms with Crippen LogP contribution in [0.5, 0.6) is 0 Å². The summed E-state index contributed by atoms with van der Waals surface area (Å²) in [5, 5.41) is 46.9. The zero-order valence-corrected chi connectivity index (χ0v) is 27.9. The van der Waals surface area contributed by atoms with Gasteiger partial charge in [-0.2, -0.15) is 0 Å². The maximum Gasteiger partial charge on any atom is 0.328 e. The maximum absolute atomic E-state index is 13.5. The molecule has 262 valence electrons.